The van der Waals surface area contributed by atoms with E-state index < -0.39 is 0 Å². The maximum atomic E-state index is 13.3. The number of rotatable bonds is 8. The Bertz CT molecular complexity index is 1400. The van der Waals surface area contributed by atoms with Gasteiger partial charge in [-0.05, 0) is 54.1 Å². The molecule has 4 aromatic rings. The Balaban J connectivity index is 1.55. The Morgan fingerprint density at radius 3 is 2.56 bits per heavy atom. The van der Waals surface area contributed by atoms with E-state index >= 15 is 0 Å². The minimum absolute atomic E-state index is 0.0242. The number of thioether (sulfide) groups is 1. The van der Waals surface area contributed by atoms with Crippen molar-refractivity contribution in [3.8, 4) is 17.2 Å². The van der Waals surface area contributed by atoms with Crippen molar-refractivity contribution in [3.63, 3.8) is 0 Å². The third-order valence-corrected chi connectivity index (χ3v) is 5.84. The van der Waals surface area contributed by atoms with E-state index in [4.69, 9.17) is 9.47 Å². The predicted octanol–water partition coefficient (Wildman–Crippen LogP) is 3.65. The molecule has 0 radical (unpaired) electrons. The van der Waals surface area contributed by atoms with E-state index in [0.717, 1.165) is 17.3 Å². The number of methoxy groups -OCH3 is 2. The third kappa shape index (κ3) is 5.26. The fourth-order valence-electron chi connectivity index (χ4n) is 3.23. The van der Waals surface area contributed by atoms with Crippen LogP contribution in [0.1, 0.15) is 5.56 Å². The Hall–Kier alpha value is -4.11. The number of amides is 1. The van der Waals surface area contributed by atoms with Crippen LogP contribution in [0, 0.1) is 0 Å². The summed E-state index contributed by atoms with van der Waals surface area (Å²) >= 11 is 1.16. The number of hydrogen-bond acceptors (Lipinski definition) is 7. The van der Waals surface area contributed by atoms with Gasteiger partial charge in [0.15, 0.2) is 5.16 Å². The molecule has 1 amide bonds. The van der Waals surface area contributed by atoms with Gasteiger partial charge in [0.25, 0.3) is 11.5 Å². The van der Waals surface area contributed by atoms with Gasteiger partial charge in [-0.3, -0.25) is 14.2 Å². The van der Waals surface area contributed by atoms with E-state index in [1.54, 1.807) is 62.8 Å². The first-order chi connectivity index (χ1) is 16.6. The van der Waals surface area contributed by atoms with Crippen LogP contribution in [0.2, 0.25) is 0 Å². The van der Waals surface area contributed by atoms with Crippen molar-refractivity contribution in [2.75, 3.05) is 20.0 Å². The molecule has 0 aliphatic carbocycles. The Morgan fingerprint density at radius 1 is 1.03 bits per heavy atom. The molecule has 34 heavy (non-hydrogen) atoms. The Kier molecular flexibility index (Phi) is 7.24. The largest absolute Gasteiger partial charge is 0.497 e. The van der Waals surface area contributed by atoms with Gasteiger partial charge in [0, 0.05) is 0 Å². The van der Waals surface area contributed by atoms with Crippen molar-refractivity contribution >= 4 is 34.8 Å². The van der Waals surface area contributed by atoms with Gasteiger partial charge < -0.3 is 9.47 Å². The molecule has 0 fully saturated rings. The fourth-order valence-corrected chi connectivity index (χ4v) is 4.04. The van der Waals surface area contributed by atoms with Gasteiger partial charge in [0.05, 0.1) is 42.8 Å². The third-order valence-electron chi connectivity index (χ3n) is 4.90. The maximum absolute atomic E-state index is 13.3. The van der Waals surface area contributed by atoms with Gasteiger partial charge in [0.1, 0.15) is 11.5 Å². The summed E-state index contributed by atoms with van der Waals surface area (Å²) in [5.74, 6) is 1.07. The van der Waals surface area contributed by atoms with Gasteiger partial charge >= 0.3 is 0 Å². The number of para-hydroxylation sites is 1. The van der Waals surface area contributed by atoms with Gasteiger partial charge in [-0.15, -0.1) is 0 Å². The average molecular weight is 475 g/mol. The van der Waals surface area contributed by atoms with Gasteiger partial charge in [-0.25, -0.2) is 10.4 Å². The lowest BCUT2D eigenvalue weighted by Gasteiger charge is -2.13. The number of nitrogens with zero attached hydrogens (tertiary/aromatic N) is 3. The highest BCUT2D eigenvalue weighted by Gasteiger charge is 2.15. The number of ether oxygens (including phenoxy) is 2. The molecule has 1 heterocycles. The Morgan fingerprint density at radius 2 is 1.79 bits per heavy atom. The lowest BCUT2D eigenvalue weighted by atomic mass is 10.2. The van der Waals surface area contributed by atoms with E-state index in [2.05, 4.69) is 15.5 Å². The van der Waals surface area contributed by atoms with Crippen molar-refractivity contribution in [1.29, 1.82) is 0 Å². The number of fused-ring (bicyclic) bond motifs is 1. The molecule has 0 atom stereocenters. The van der Waals surface area contributed by atoms with E-state index in [0.29, 0.717) is 33.2 Å². The highest BCUT2D eigenvalue weighted by Crippen LogP contribution is 2.22. The van der Waals surface area contributed by atoms with Crippen LogP contribution in [0.3, 0.4) is 0 Å². The van der Waals surface area contributed by atoms with Crippen LogP contribution >= 0.6 is 11.8 Å². The number of benzene rings is 3. The molecule has 0 saturated carbocycles. The molecule has 3 aromatic carbocycles. The number of nitrogens with one attached hydrogen (secondary N) is 1. The van der Waals surface area contributed by atoms with E-state index in [1.807, 2.05) is 24.3 Å². The van der Waals surface area contributed by atoms with Crippen LogP contribution in [-0.4, -0.2) is 41.6 Å². The lowest BCUT2D eigenvalue weighted by Crippen LogP contribution is -2.24. The average Bonchev–Trinajstić information content (AvgIpc) is 2.88. The monoisotopic (exact) mass is 474 g/mol. The van der Waals surface area contributed by atoms with E-state index in [9.17, 15) is 9.59 Å². The number of aromatic nitrogens is 2. The normalized spacial score (nSPS) is 11.0. The molecule has 0 saturated heterocycles. The molecule has 1 aromatic heterocycles. The van der Waals surface area contributed by atoms with Crippen molar-refractivity contribution in [2.45, 2.75) is 5.16 Å². The summed E-state index contributed by atoms with van der Waals surface area (Å²) < 4.78 is 11.9. The van der Waals surface area contributed by atoms with Crippen LogP contribution in [0.25, 0.3) is 16.6 Å². The van der Waals surface area contributed by atoms with Crippen molar-refractivity contribution in [2.24, 2.45) is 5.10 Å². The van der Waals surface area contributed by atoms with Crippen molar-refractivity contribution in [3.05, 3.63) is 88.7 Å². The zero-order valence-corrected chi connectivity index (χ0v) is 19.4. The molecule has 0 bridgehead atoms. The predicted molar refractivity (Wildman–Crippen MR) is 133 cm³/mol. The van der Waals surface area contributed by atoms with Crippen LogP contribution in [0.15, 0.2) is 87.8 Å². The molecule has 0 aliphatic rings. The molecular weight excluding hydrogens is 452 g/mol. The minimum Gasteiger partial charge on any atom is -0.497 e. The second-order valence-electron chi connectivity index (χ2n) is 7.11. The maximum Gasteiger partial charge on any atom is 0.266 e. The molecule has 9 heteroatoms. The zero-order chi connectivity index (χ0) is 23.9. The number of carbonyl (C=O) groups is 1. The van der Waals surface area contributed by atoms with Gasteiger partial charge in [-0.1, -0.05) is 36.0 Å². The SMILES string of the molecule is COc1ccc(-n2c(SCC(=O)N/N=C/c3cccc(OC)c3)nc3ccccc3c2=O)cc1. The summed E-state index contributed by atoms with van der Waals surface area (Å²) in [6.07, 6.45) is 1.53. The molecule has 0 aliphatic heterocycles. The standard InChI is InChI=1S/C25H22N4O4S/c1-32-19-12-10-18(11-13-19)29-24(31)21-8-3-4-9-22(21)27-25(29)34-16-23(30)28-26-15-17-6-5-7-20(14-17)33-2/h3-15H,16H2,1-2H3,(H,28,30)/b26-15+. The van der Waals surface area contributed by atoms with E-state index in [1.165, 1.54) is 10.8 Å². The van der Waals surface area contributed by atoms with Crippen molar-refractivity contribution in [1.82, 2.24) is 15.0 Å². The Labute approximate surface area is 200 Å². The summed E-state index contributed by atoms with van der Waals surface area (Å²) in [7, 11) is 3.16. The smallest absolute Gasteiger partial charge is 0.266 e. The first-order valence-electron chi connectivity index (χ1n) is 10.3. The molecule has 0 spiro atoms. The second-order valence-corrected chi connectivity index (χ2v) is 8.05. The van der Waals surface area contributed by atoms with Crippen LogP contribution in [-0.2, 0) is 4.79 Å². The van der Waals surface area contributed by atoms with Crippen LogP contribution < -0.4 is 20.5 Å². The molecule has 172 valence electrons. The summed E-state index contributed by atoms with van der Waals surface area (Å²) in [4.78, 5) is 30.3. The molecule has 1 N–H and O–H groups in total. The summed E-state index contributed by atoms with van der Waals surface area (Å²) in [5, 5.41) is 4.90. The summed E-state index contributed by atoms with van der Waals surface area (Å²) in [6, 6.07) is 21.5. The van der Waals surface area contributed by atoms with Gasteiger partial charge in [0.2, 0.25) is 0 Å². The van der Waals surface area contributed by atoms with E-state index in [-0.39, 0.29) is 17.2 Å². The van der Waals surface area contributed by atoms with Gasteiger partial charge in [-0.2, -0.15) is 5.10 Å². The number of hydrogen-bond donors (Lipinski definition) is 1. The second kappa shape index (κ2) is 10.7. The topological polar surface area (TPSA) is 94.8 Å². The summed E-state index contributed by atoms with van der Waals surface area (Å²) in [5.41, 5.74) is 4.27. The first-order valence-corrected chi connectivity index (χ1v) is 11.3. The molecule has 8 nitrogen and oxygen atoms in total. The molecule has 0 unspecified atom stereocenters. The van der Waals surface area contributed by atoms with Crippen LogP contribution in [0.5, 0.6) is 11.5 Å². The number of carbonyl (C=O) groups excluding carboxylic acids is 1. The zero-order valence-electron chi connectivity index (χ0n) is 18.6. The van der Waals surface area contributed by atoms with Crippen molar-refractivity contribution < 1.29 is 14.3 Å². The molecular formula is C25H22N4O4S. The minimum atomic E-state index is -0.326. The number of hydrazone groups is 1. The highest BCUT2D eigenvalue weighted by atomic mass is 32.2. The lowest BCUT2D eigenvalue weighted by molar-refractivity contribution is -0.118. The quantitative estimate of drug-likeness (QED) is 0.181. The van der Waals surface area contributed by atoms with Crippen LogP contribution in [0.4, 0.5) is 0 Å². The summed E-state index contributed by atoms with van der Waals surface area (Å²) in [6.45, 7) is 0. The molecule has 4 rings (SSSR count). The highest BCUT2D eigenvalue weighted by molar-refractivity contribution is 7.99. The fraction of sp³-hybridized carbons (Fsp3) is 0.120. The first kappa shape index (κ1) is 23.1.